The van der Waals surface area contributed by atoms with Crippen LogP contribution in [0.2, 0.25) is 0 Å². The summed E-state index contributed by atoms with van der Waals surface area (Å²) >= 11 is 0. The Balaban J connectivity index is 2.12. The molecule has 0 unspecified atom stereocenters. The van der Waals surface area contributed by atoms with Gasteiger partial charge in [-0.05, 0) is 43.2 Å². The SMILES string of the molecule is Cc1ccc(N(C)S(=O)(=O)c2cccc(C(=O)OCC(=O)NCC(C)C)c2)cc1. The standard InChI is InChI=1S/C21H26N2O5S/c1-15(2)13-22-20(24)14-28-21(25)17-6-5-7-19(12-17)29(26,27)23(4)18-10-8-16(3)9-11-18/h5-12,15H,13-14H2,1-4H3,(H,22,24). The summed E-state index contributed by atoms with van der Waals surface area (Å²) in [5.41, 5.74) is 1.58. The fraction of sp³-hybridized carbons (Fsp3) is 0.333. The summed E-state index contributed by atoms with van der Waals surface area (Å²) < 4.78 is 32.0. The topological polar surface area (TPSA) is 92.8 Å². The molecule has 0 saturated heterocycles. The maximum atomic E-state index is 12.9. The van der Waals surface area contributed by atoms with Gasteiger partial charge < -0.3 is 10.1 Å². The van der Waals surface area contributed by atoms with Crippen LogP contribution >= 0.6 is 0 Å². The summed E-state index contributed by atoms with van der Waals surface area (Å²) in [4.78, 5) is 23.9. The molecule has 2 rings (SSSR count). The van der Waals surface area contributed by atoms with Gasteiger partial charge in [-0.15, -0.1) is 0 Å². The Morgan fingerprint density at radius 3 is 2.38 bits per heavy atom. The Bertz CT molecular complexity index is 969. The molecule has 29 heavy (non-hydrogen) atoms. The molecule has 0 bridgehead atoms. The van der Waals surface area contributed by atoms with Gasteiger partial charge in [0.2, 0.25) is 0 Å². The summed E-state index contributed by atoms with van der Waals surface area (Å²) in [6, 6.07) is 12.6. The van der Waals surface area contributed by atoms with E-state index < -0.39 is 28.5 Å². The van der Waals surface area contributed by atoms with E-state index in [1.54, 1.807) is 12.1 Å². The lowest BCUT2D eigenvalue weighted by molar-refractivity contribution is -0.124. The molecule has 0 aliphatic heterocycles. The third-order valence-electron chi connectivity index (χ3n) is 4.17. The normalized spacial score (nSPS) is 11.2. The lowest BCUT2D eigenvalue weighted by Gasteiger charge is -2.20. The molecule has 8 heteroatoms. The van der Waals surface area contributed by atoms with Gasteiger partial charge in [-0.1, -0.05) is 37.6 Å². The lowest BCUT2D eigenvalue weighted by atomic mass is 10.2. The predicted molar refractivity (Wildman–Crippen MR) is 111 cm³/mol. The van der Waals surface area contributed by atoms with Crippen LogP contribution in [0.1, 0.15) is 29.8 Å². The second kappa shape index (κ2) is 9.56. The van der Waals surface area contributed by atoms with Gasteiger partial charge in [0.1, 0.15) is 0 Å². The number of rotatable bonds is 8. The van der Waals surface area contributed by atoms with Gasteiger partial charge in [-0.3, -0.25) is 9.10 Å². The van der Waals surface area contributed by atoms with Crippen LogP contribution in [0, 0.1) is 12.8 Å². The number of nitrogens with zero attached hydrogens (tertiary/aromatic N) is 1. The summed E-state index contributed by atoms with van der Waals surface area (Å²) in [5.74, 6) is -0.892. The average Bonchev–Trinajstić information content (AvgIpc) is 2.70. The molecule has 2 aromatic carbocycles. The van der Waals surface area contributed by atoms with Crippen molar-refractivity contribution in [1.29, 1.82) is 0 Å². The lowest BCUT2D eigenvalue weighted by Crippen LogP contribution is -2.31. The first-order valence-corrected chi connectivity index (χ1v) is 10.6. The van der Waals surface area contributed by atoms with E-state index in [1.807, 2.05) is 32.9 Å². The van der Waals surface area contributed by atoms with Crippen LogP contribution in [0.3, 0.4) is 0 Å². The fourth-order valence-corrected chi connectivity index (χ4v) is 3.66. The maximum Gasteiger partial charge on any atom is 0.338 e. The third kappa shape index (κ3) is 6.05. The fourth-order valence-electron chi connectivity index (χ4n) is 2.42. The monoisotopic (exact) mass is 418 g/mol. The van der Waals surface area contributed by atoms with Crippen molar-refractivity contribution in [3.63, 3.8) is 0 Å². The molecule has 0 spiro atoms. The van der Waals surface area contributed by atoms with Gasteiger partial charge in [0.05, 0.1) is 16.1 Å². The number of hydrogen-bond acceptors (Lipinski definition) is 5. The second-order valence-corrected chi connectivity index (χ2v) is 9.08. The van der Waals surface area contributed by atoms with Crippen molar-refractivity contribution in [2.45, 2.75) is 25.7 Å². The van der Waals surface area contributed by atoms with Crippen molar-refractivity contribution >= 4 is 27.6 Å². The first-order valence-electron chi connectivity index (χ1n) is 9.20. The molecule has 0 radical (unpaired) electrons. The molecule has 1 N–H and O–H groups in total. The van der Waals surface area contributed by atoms with E-state index in [-0.39, 0.29) is 16.4 Å². The van der Waals surface area contributed by atoms with Crippen LogP contribution in [0.15, 0.2) is 53.4 Å². The van der Waals surface area contributed by atoms with Crippen molar-refractivity contribution in [3.05, 3.63) is 59.7 Å². The number of nitrogens with one attached hydrogen (secondary N) is 1. The van der Waals surface area contributed by atoms with E-state index in [1.165, 1.54) is 31.3 Å². The summed E-state index contributed by atoms with van der Waals surface area (Å²) in [5, 5.41) is 2.64. The second-order valence-electron chi connectivity index (χ2n) is 7.11. The zero-order chi connectivity index (χ0) is 21.6. The van der Waals surface area contributed by atoms with Crippen LogP contribution in [0.25, 0.3) is 0 Å². The first kappa shape index (κ1) is 22.4. The minimum Gasteiger partial charge on any atom is -0.452 e. The van der Waals surface area contributed by atoms with E-state index in [2.05, 4.69) is 5.32 Å². The van der Waals surface area contributed by atoms with Crippen LogP contribution in [-0.4, -0.2) is 40.5 Å². The van der Waals surface area contributed by atoms with E-state index in [9.17, 15) is 18.0 Å². The van der Waals surface area contributed by atoms with Crippen LogP contribution < -0.4 is 9.62 Å². The highest BCUT2D eigenvalue weighted by molar-refractivity contribution is 7.92. The van der Waals surface area contributed by atoms with Gasteiger partial charge in [-0.2, -0.15) is 0 Å². The molecule has 7 nitrogen and oxygen atoms in total. The van der Waals surface area contributed by atoms with Crippen molar-refractivity contribution in [1.82, 2.24) is 5.32 Å². The summed E-state index contributed by atoms with van der Waals surface area (Å²) in [6.45, 7) is 5.87. The number of anilines is 1. The number of carbonyl (C=O) groups excluding carboxylic acids is 2. The molecule has 0 aliphatic carbocycles. The summed E-state index contributed by atoms with van der Waals surface area (Å²) in [7, 11) is -2.42. The third-order valence-corrected chi connectivity index (χ3v) is 5.95. The van der Waals surface area contributed by atoms with Crippen molar-refractivity contribution in [2.24, 2.45) is 5.92 Å². The molecule has 2 aromatic rings. The molecular weight excluding hydrogens is 392 g/mol. The van der Waals surface area contributed by atoms with Crippen LogP contribution in [0.4, 0.5) is 5.69 Å². The highest BCUT2D eigenvalue weighted by Gasteiger charge is 2.23. The maximum absolute atomic E-state index is 12.9. The van der Waals surface area contributed by atoms with E-state index >= 15 is 0 Å². The minimum absolute atomic E-state index is 0.0423. The first-order chi connectivity index (χ1) is 13.6. The zero-order valence-electron chi connectivity index (χ0n) is 17.0. The highest BCUT2D eigenvalue weighted by atomic mass is 32.2. The molecular formula is C21H26N2O5S. The van der Waals surface area contributed by atoms with Crippen molar-refractivity contribution in [2.75, 3.05) is 24.5 Å². The Labute approximate surface area is 171 Å². The van der Waals surface area contributed by atoms with Gasteiger partial charge in [-0.25, -0.2) is 13.2 Å². The van der Waals surface area contributed by atoms with E-state index in [0.29, 0.717) is 12.2 Å². The van der Waals surface area contributed by atoms with Gasteiger partial charge >= 0.3 is 5.97 Å². The molecule has 0 aromatic heterocycles. The Morgan fingerprint density at radius 1 is 1.10 bits per heavy atom. The molecule has 0 saturated carbocycles. The van der Waals surface area contributed by atoms with E-state index in [4.69, 9.17) is 4.74 Å². The van der Waals surface area contributed by atoms with E-state index in [0.717, 1.165) is 9.87 Å². The molecule has 1 amide bonds. The molecule has 0 aliphatic rings. The van der Waals surface area contributed by atoms with Crippen molar-refractivity contribution in [3.8, 4) is 0 Å². The quantitative estimate of drug-likeness (QED) is 0.666. The number of ether oxygens (including phenoxy) is 1. The van der Waals surface area contributed by atoms with Crippen molar-refractivity contribution < 1.29 is 22.7 Å². The zero-order valence-corrected chi connectivity index (χ0v) is 17.8. The highest BCUT2D eigenvalue weighted by Crippen LogP contribution is 2.23. The minimum atomic E-state index is -3.86. The van der Waals surface area contributed by atoms with Gasteiger partial charge in [0.15, 0.2) is 6.61 Å². The molecule has 0 heterocycles. The molecule has 156 valence electrons. The largest absolute Gasteiger partial charge is 0.452 e. The number of amides is 1. The Hall–Kier alpha value is -2.87. The molecule has 0 fully saturated rings. The van der Waals surface area contributed by atoms with Gasteiger partial charge in [0.25, 0.3) is 15.9 Å². The van der Waals surface area contributed by atoms with Gasteiger partial charge in [0, 0.05) is 13.6 Å². The number of hydrogen-bond donors (Lipinski definition) is 1. The number of aryl methyl sites for hydroxylation is 1. The number of carbonyl (C=O) groups is 2. The number of sulfonamides is 1. The Kier molecular flexibility index (Phi) is 7.39. The predicted octanol–water partition coefficient (Wildman–Crippen LogP) is 2.75. The Morgan fingerprint density at radius 2 is 1.76 bits per heavy atom. The van der Waals surface area contributed by atoms with Crippen LogP contribution in [-0.2, 0) is 19.6 Å². The number of esters is 1. The van der Waals surface area contributed by atoms with Crippen LogP contribution in [0.5, 0.6) is 0 Å². The number of benzene rings is 2. The summed E-state index contributed by atoms with van der Waals surface area (Å²) in [6.07, 6.45) is 0. The smallest absolute Gasteiger partial charge is 0.338 e. The average molecular weight is 419 g/mol. The molecule has 0 atom stereocenters.